The SMILES string of the molecule is CN(c1ccc2oc3ccccc3c2c1)c1c2cccc3c2c2c4c(ccc5cccc(c6cccc1c62)c54)C3(C)C. The van der Waals surface area contributed by atoms with Crippen molar-refractivity contribution in [2.24, 2.45) is 0 Å². The molecule has 0 aliphatic heterocycles. The summed E-state index contributed by atoms with van der Waals surface area (Å²) >= 11 is 0. The van der Waals surface area contributed by atoms with Gasteiger partial charge in [0.1, 0.15) is 11.2 Å². The molecule has 1 aliphatic carbocycles. The van der Waals surface area contributed by atoms with E-state index in [0.717, 1.165) is 27.6 Å². The molecule has 0 spiro atoms. The Morgan fingerprint density at radius 1 is 0.500 bits per heavy atom. The minimum absolute atomic E-state index is 0.117. The predicted molar refractivity (Wildman–Crippen MR) is 179 cm³/mol. The first-order chi connectivity index (χ1) is 20.5. The van der Waals surface area contributed by atoms with Crippen molar-refractivity contribution in [3.63, 3.8) is 0 Å². The van der Waals surface area contributed by atoms with Crippen LogP contribution in [-0.2, 0) is 5.41 Å². The fraction of sp³-hybridized carbons (Fsp3) is 0.100. The Bertz CT molecular complexity index is 2620. The minimum Gasteiger partial charge on any atom is -0.456 e. The van der Waals surface area contributed by atoms with E-state index in [2.05, 4.69) is 123 Å². The fourth-order valence-corrected chi connectivity index (χ4v) is 8.25. The average molecular weight is 538 g/mol. The van der Waals surface area contributed by atoms with Crippen LogP contribution in [-0.4, -0.2) is 7.05 Å². The highest BCUT2D eigenvalue weighted by molar-refractivity contribution is 6.42. The topological polar surface area (TPSA) is 16.4 Å². The Kier molecular flexibility index (Phi) is 3.98. The summed E-state index contributed by atoms with van der Waals surface area (Å²) in [5.41, 5.74) is 6.97. The predicted octanol–water partition coefficient (Wildman–Crippen LogP) is 11.2. The number of rotatable bonds is 2. The Labute approximate surface area is 242 Å². The number of hydrogen-bond acceptors (Lipinski definition) is 2. The van der Waals surface area contributed by atoms with Crippen molar-refractivity contribution in [2.45, 2.75) is 19.3 Å². The summed E-state index contributed by atoms with van der Waals surface area (Å²) in [6.45, 7) is 4.80. The normalized spacial score (nSPS) is 14.3. The molecule has 10 rings (SSSR count). The Morgan fingerprint density at radius 2 is 1.17 bits per heavy atom. The largest absolute Gasteiger partial charge is 0.456 e. The summed E-state index contributed by atoms with van der Waals surface area (Å²) in [4.78, 5) is 2.40. The maximum absolute atomic E-state index is 6.17. The molecular weight excluding hydrogens is 510 g/mol. The molecule has 1 aromatic heterocycles. The van der Waals surface area contributed by atoms with Crippen LogP contribution in [0.5, 0.6) is 0 Å². The summed E-state index contributed by atoms with van der Waals surface area (Å²) in [6, 6.07) is 40.3. The van der Waals surface area contributed by atoms with Gasteiger partial charge in [0.25, 0.3) is 0 Å². The number of hydrogen-bond donors (Lipinski definition) is 0. The van der Waals surface area contributed by atoms with Gasteiger partial charge in [-0.3, -0.25) is 0 Å². The molecule has 8 aromatic carbocycles. The highest BCUT2D eigenvalue weighted by Crippen LogP contribution is 2.56. The van der Waals surface area contributed by atoms with Crippen LogP contribution in [0.3, 0.4) is 0 Å². The van der Waals surface area contributed by atoms with E-state index in [-0.39, 0.29) is 5.41 Å². The molecule has 0 radical (unpaired) electrons. The van der Waals surface area contributed by atoms with Crippen molar-refractivity contribution in [1.29, 1.82) is 0 Å². The van der Waals surface area contributed by atoms with Gasteiger partial charge in [0.15, 0.2) is 0 Å². The zero-order chi connectivity index (χ0) is 27.9. The number of benzene rings is 8. The van der Waals surface area contributed by atoms with Crippen molar-refractivity contribution in [1.82, 2.24) is 0 Å². The van der Waals surface area contributed by atoms with E-state index in [9.17, 15) is 0 Å². The monoisotopic (exact) mass is 537 g/mol. The third-order valence-electron chi connectivity index (χ3n) is 10.2. The van der Waals surface area contributed by atoms with Crippen LogP contribution in [0, 0.1) is 0 Å². The molecule has 1 aliphatic rings. The highest BCUT2D eigenvalue weighted by Gasteiger charge is 2.35. The van der Waals surface area contributed by atoms with E-state index in [1.807, 2.05) is 12.1 Å². The lowest BCUT2D eigenvalue weighted by Crippen LogP contribution is -2.23. The van der Waals surface area contributed by atoms with Gasteiger partial charge in [0.05, 0.1) is 5.69 Å². The zero-order valence-electron chi connectivity index (χ0n) is 23.7. The molecule has 0 N–H and O–H groups in total. The van der Waals surface area contributed by atoms with E-state index in [4.69, 9.17) is 4.42 Å². The van der Waals surface area contributed by atoms with Crippen molar-refractivity contribution in [2.75, 3.05) is 11.9 Å². The van der Waals surface area contributed by atoms with Gasteiger partial charge >= 0.3 is 0 Å². The lowest BCUT2D eigenvalue weighted by atomic mass is 9.68. The second kappa shape index (κ2) is 7.40. The fourth-order valence-electron chi connectivity index (χ4n) is 8.25. The van der Waals surface area contributed by atoms with Crippen LogP contribution >= 0.6 is 0 Å². The van der Waals surface area contributed by atoms with Gasteiger partial charge in [-0.2, -0.15) is 0 Å². The molecule has 0 fully saturated rings. The Hall–Kier alpha value is -5.08. The van der Waals surface area contributed by atoms with Crippen LogP contribution in [0.25, 0.3) is 75.8 Å². The van der Waals surface area contributed by atoms with E-state index in [0.29, 0.717) is 0 Å². The summed E-state index contributed by atoms with van der Waals surface area (Å²) < 4.78 is 6.17. The molecule has 0 bridgehead atoms. The summed E-state index contributed by atoms with van der Waals surface area (Å²) in [5, 5.41) is 15.9. The van der Waals surface area contributed by atoms with E-state index in [1.54, 1.807) is 0 Å². The molecule has 1 heterocycles. The second-order valence-electron chi connectivity index (χ2n) is 12.5. The van der Waals surface area contributed by atoms with Crippen LogP contribution < -0.4 is 4.90 Å². The summed E-state index contributed by atoms with van der Waals surface area (Å²) in [6.07, 6.45) is 0. The average Bonchev–Trinajstić information content (AvgIpc) is 3.39. The van der Waals surface area contributed by atoms with Gasteiger partial charge < -0.3 is 9.32 Å². The molecule has 0 saturated heterocycles. The lowest BCUT2D eigenvalue weighted by Gasteiger charge is -2.36. The highest BCUT2D eigenvalue weighted by atomic mass is 16.3. The van der Waals surface area contributed by atoms with Gasteiger partial charge in [-0.15, -0.1) is 0 Å². The zero-order valence-corrected chi connectivity index (χ0v) is 23.7. The maximum Gasteiger partial charge on any atom is 0.135 e. The van der Waals surface area contributed by atoms with Crippen LogP contribution in [0.1, 0.15) is 25.0 Å². The van der Waals surface area contributed by atoms with Gasteiger partial charge in [-0.25, -0.2) is 0 Å². The first kappa shape index (κ1) is 22.6. The van der Waals surface area contributed by atoms with Gasteiger partial charge in [0.2, 0.25) is 0 Å². The first-order valence-corrected chi connectivity index (χ1v) is 14.8. The number of furan rings is 1. The van der Waals surface area contributed by atoms with E-state index < -0.39 is 0 Å². The van der Waals surface area contributed by atoms with Crippen molar-refractivity contribution in [3.05, 3.63) is 120 Å². The Morgan fingerprint density at radius 3 is 2.05 bits per heavy atom. The molecule has 0 atom stereocenters. The van der Waals surface area contributed by atoms with Gasteiger partial charge in [-0.1, -0.05) is 98.8 Å². The third kappa shape index (κ3) is 2.53. The van der Waals surface area contributed by atoms with Crippen LogP contribution in [0.2, 0.25) is 0 Å². The molecule has 2 nitrogen and oxygen atoms in total. The number of anilines is 2. The molecule has 0 saturated carbocycles. The van der Waals surface area contributed by atoms with Crippen molar-refractivity contribution < 1.29 is 4.42 Å². The van der Waals surface area contributed by atoms with Crippen molar-refractivity contribution in [3.8, 4) is 0 Å². The molecular formula is C40H27NO. The number of nitrogens with zero attached hydrogens (tertiary/aromatic N) is 1. The van der Waals surface area contributed by atoms with E-state index in [1.165, 1.54) is 70.7 Å². The molecule has 2 heteroatoms. The lowest BCUT2D eigenvalue weighted by molar-refractivity contribution is 0.652. The summed E-state index contributed by atoms with van der Waals surface area (Å²) in [5.74, 6) is 0. The van der Waals surface area contributed by atoms with E-state index >= 15 is 0 Å². The molecule has 0 amide bonds. The molecule has 9 aromatic rings. The van der Waals surface area contributed by atoms with Crippen LogP contribution in [0.15, 0.2) is 114 Å². The van der Waals surface area contributed by atoms with Gasteiger partial charge in [-0.05, 0) is 73.1 Å². The third-order valence-corrected chi connectivity index (χ3v) is 10.2. The second-order valence-corrected chi connectivity index (χ2v) is 12.5. The molecule has 42 heavy (non-hydrogen) atoms. The van der Waals surface area contributed by atoms with Crippen LogP contribution in [0.4, 0.5) is 11.4 Å². The number of fused-ring (bicyclic) bond motifs is 4. The van der Waals surface area contributed by atoms with Gasteiger partial charge in [0, 0.05) is 45.1 Å². The molecule has 198 valence electrons. The maximum atomic E-state index is 6.17. The first-order valence-electron chi connectivity index (χ1n) is 14.8. The quantitative estimate of drug-likeness (QED) is 0.161. The smallest absolute Gasteiger partial charge is 0.135 e. The van der Waals surface area contributed by atoms with Crippen molar-refractivity contribution >= 4 is 87.2 Å². The summed E-state index contributed by atoms with van der Waals surface area (Å²) in [7, 11) is 2.22. The minimum atomic E-state index is -0.117. The Balaban J connectivity index is 1.41. The molecule has 0 unspecified atom stereocenters. The number of para-hydroxylation sites is 1. The standard InChI is InChI=1S/C40H27NO/c1-40(2)30-15-8-14-28-36(30)38-35-26(25-11-6-9-22-17-19-31(40)37(38)34(22)25)12-7-13-27(35)39(28)41(3)23-18-20-33-29(21-23)24-10-4-5-16-32(24)42-33/h4-21H,1-3H3.